The number of carbonyl (C=O) groups is 1. The van der Waals surface area contributed by atoms with Crippen molar-refractivity contribution in [3.63, 3.8) is 0 Å². The van der Waals surface area contributed by atoms with E-state index in [1.54, 1.807) is 24.0 Å². The van der Waals surface area contributed by atoms with Crippen LogP contribution in [0.25, 0.3) is 11.4 Å². The van der Waals surface area contributed by atoms with E-state index in [0.717, 1.165) is 5.56 Å². The smallest absolute Gasteiger partial charge is 0.227 e. The standard InChI is InChI=1S/C22H23FN4O2.ClH/c1-14-7-8-16(11-18(14)23)22-25-20(29-26-22)9-10-21(28)27-12-17(19(24)13-27)15-5-3-2-4-6-15;/h2-8,11,17,19H,9-10,12-13,24H2,1H3;1H/t17-,19+;/m0./s1. The van der Waals surface area contributed by atoms with Crippen LogP contribution in [0.1, 0.15) is 29.4 Å². The molecule has 8 heteroatoms. The zero-order valence-corrected chi connectivity index (χ0v) is 17.4. The third-order valence-electron chi connectivity index (χ3n) is 5.40. The lowest BCUT2D eigenvalue weighted by atomic mass is 9.95. The summed E-state index contributed by atoms with van der Waals surface area (Å²) in [6.07, 6.45) is 0.597. The number of rotatable bonds is 5. The Hall–Kier alpha value is -2.77. The minimum Gasteiger partial charge on any atom is -0.340 e. The molecule has 0 saturated carbocycles. The summed E-state index contributed by atoms with van der Waals surface area (Å²) in [6.45, 7) is 2.84. The predicted octanol–water partition coefficient (Wildman–Crippen LogP) is 3.49. The van der Waals surface area contributed by atoms with Crippen molar-refractivity contribution in [2.45, 2.75) is 31.7 Å². The maximum atomic E-state index is 13.7. The van der Waals surface area contributed by atoms with Crippen LogP contribution in [0.3, 0.4) is 0 Å². The average molecular weight is 431 g/mol. The van der Waals surface area contributed by atoms with E-state index in [0.29, 0.717) is 42.4 Å². The van der Waals surface area contributed by atoms with Gasteiger partial charge in [0, 0.05) is 43.5 Å². The van der Waals surface area contributed by atoms with Crippen LogP contribution in [-0.4, -0.2) is 40.1 Å². The number of hydrogen-bond donors (Lipinski definition) is 1. The van der Waals surface area contributed by atoms with Crippen molar-refractivity contribution in [3.05, 3.63) is 71.4 Å². The second-order valence-electron chi connectivity index (χ2n) is 7.46. The largest absolute Gasteiger partial charge is 0.340 e. The van der Waals surface area contributed by atoms with E-state index in [4.69, 9.17) is 10.3 Å². The molecule has 0 aliphatic carbocycles. The van der Waals surface area contributed by atoms with E-state index in [1.165, 1.54) is 6.07 Å². The molecule has 1 aromatic heterocycles. The number of aromatic nitrogens is 2. The van der Waals surface area contributed by atoms with Crippen LogP contribution in [-0.2, 0) is 11.2 Å². The molecule has 0 spiro atoms. The lowest BCUT2D eigenvalue weighted by Gasteiger charge is -2.16. The first-order valence-electron chi connectivity index (χ1n) is 9.68. The van der Waals surface area contributed by atoms with Gasteiger partial charge in [-0.1, -0.05) is 47.6 Å². The SMILES string of the molecule is Cc1ccc(-c2noc(CCC(=O)N3C[C@@H](N)[C@H](c4ccccc4)C3)n2)cc1F.Cl. The van der Waals surface area contributed by atoms with E-state index >= 15 is 0 Å². The van der Waals surface area contributed by atoms with Crippen LogP contribution in [0.15, 0.2) is 53.1 Å². The van der Waals surface area contributed by atoms with Crippen LogP contribution in [0.5, 0.6) is 0 Å². The maximum absolute atomic E-state index is 13.7. The molecule has 0 bridgehead atoms. The van der Waals surface area contributed by atoms with Gasteiger partial charge in [0.1, 0.15) is 5.82 Å². The second-order valence-corrected chi connectivity index (χ2v) is 7.46. The summed E-state index contributed by atoms with van der Waals surface area (Å²) in [5.74, 6) is 0.519. The topological polar surface area (TPSA) is 85.2 Å². The number of nitrogens with two attached hydrogens (primary N) is 1. The van der Waals surface area contributed by atoms with Crippen molar-refractivity contribution in [2.75, 3.05) is 13.1 Å². The molecule has 6 nitrogen and oxygen atoms in total. The molecule has 1 aliphatic rings. The average Bonchev–Trinajstić information content (AvgIpc) is 3.36. The van der Waals surface area contributed by atoms with Crippen LogP contribution >= 0.6 is 12.4 Å². The Balaban J connectivity index is 0.00000256. The normalized spacial score (nSPS) is 18.3. The van der Waals surface area contributed by atoms with Crippen molar-refractivity contribution >= 4 is 18.3 Å². The summed E-state index contributed by atoms with van der Waals surface area (Å²) < 4.78 is 19.0. The third kappa shape index (κ3) is 4.68. The number of nitrogens with zero attached hydrogens (tertiary/aromatic N) is 3. The molecule has 1 saturated heterocycles. The first-order chi connectivity index (χ1) is 14.0. The third-order valence-corrected chi connectivity index (χ3v) is 5.40. The molecular formula is C22H24ClFN4O2. The summed E-state index contributed by atoms with van der Waals surface area (Å²) in [6, 6.07) is 14.8. The molecular weight excluding hydrogens is 407 g/mol. The van der Waals surface area contributed by atoms with Crippen molar-refractivity contribution in [3.8, 4) is 11.4 Å². The number of hydrogen-bond acceptors (Lipinski definition) is 5. The molecule has 0 radical (unpaired) electrons. The van der Waals surface area contributed by atoms with Gasteiger partial charge in [-0.25, -0.2) is 4.39 Å². The number of benzene rings is 2. The highest BCUT2D eigenvalue weighted by Gasteiger charge is 2.33. The Morgan fingerprint density at radius 3 is 2.73 bits per heavy atom. The molecule has 2 N–H and O–H groups in total. The minimum absolute atomic E-state index is 0. The quantitative estimate of drug-likeness (QED) is 0.669. The van der Waals surface area contributed by atoms with Crippen LogP contribution in [0.2, 0.25) is 0 Å². The van der Waals surface area contributed by atoms with Gasteiger partial charge in [0.2, 0.25) is 17.6 Å². The van der Waals surface area contributed by atoms with Crippen LogP contribution in [0.4, 0.5) is 4.39 Å². The summed E-state index contributed by atoms with van der Waals surface area (Å²) in [4.78, 5) is 18.7. The van der Waals surface area contributed by atoms with Gasteiger partial charge in [-0.2, -0.15) is 4.98 Å². The Morgan fingerprint density at radius 1 is 1.23 bits per heavy atom. The second kappa shape index (κ2) is 9.36. The zero-order chi connectivity index (χ0) is 20.4. The lowest BCUT2D eigenvalue weighted by Crippen LogP contribution is -2.32. The van der Waals surface area contributed by atoms with E-state index in [9.17, 15) is 9.18 Å². The summed E-state index contributed by atoms with van der Waals surface area (Å²) in [5, 5.41) is 3.90. The Morgan fingerprint density at radius 2 is 2.00 bits per heavy atom. The highest BCUT2D eigenvalue weighted by Crippen LogP contribution is 2.27. The number of carbonyl (C=O) groups excluding carboxylic acids is 1. The molecule has 4 rings (SSSR count). The maximum Gasteiger partial charge on any atom is 0.227 e. The van der Waals surface area contributed by atoms with Gasteiger partial charge in [-0.05, 0) is 24.1 Å². The van der Waals surface area contributed by atoms with Gasteiger partial charge in [-0.3, -0.25) is 4.79 Å². The Bertz CT molecular complexity index is 1010. The fourth-order valence-electron chi connectivity index (χ4n) is 3.66. The van der Waals surface area contributed by atoms with E-state index in [-0.39, 0.29) is 42.5 Å². The van der Waals surface area contributed by atoms with Gasteiger partial charge in [-0.15, -0.1) is 12.4 Å². The fraction of sp³-hybridized carbons (Fsp3) is 0.318. The monoisotopic (exact) mass is 430 g/mol. The molecule has 0 unspecified atom stereocenters. The molecule has 2 atom stereocenters. The van der Waals surface area contributed by atoms with Gasteiger partial charge in [0.25, 0.3) is 0 Å². The number of amides is 1. The zero-order valence-electron chi connectivity index (χ0n) is 16.6. The molecule has 1 fully saturated rings. The summed E-state index contributed by atoms with van der Waals surface area (Å²) in [7, 11) is 0. The van der Waals surface area contributed by atoms with Crippen molar-refractivity contribution < 1.29 is 13.7 Å². The fourth-order valence-corrected chi connectivity index (χ4v) is 3.66. The first-order valence-corrected chi connectivity index (χ1v) is 9.68. The van der Waals surface area contributed by atoms with Crippen LogP contribution < -0.4 is 5.73 Å². The van der Waals surface area contributed by atoms with E-state index in [2.05, 4.69) is 10.1 Å². The predicted molar refractivity (Wildman–Crippen MR) is 114 cm³/mol. The molecule has 158 valence electrons. The van der Waals surface area contributed by atoms with Gasteiger partial charge < -0.3 is 15.2 Å². The minimum atomic E-state index is -0.317. The number of aryl methyl sites for hydroxylation is 2. The van der Waals surface area contributed by atoms with Gasteiger partial charge in [0.05, 0.1) is 0 Å². The molecule has 3 aromatic rings. The highest BCUT2D eigenvalue weighted by molar-refractivity contribution is 5.85. The summed E-state index contributed by atoms with van der Waals surface area (Å²) in [5.41, 5.74) is 8.53. The molecule has 30 heavy (non-hydrogen) atoms. The summed E-state index contributed by atoms with van der Waals surface area (Å²) >= 11 is 0. The Labute approximate surface area is 180 Å². The van der Waals surface area contributed by atoms with Crippen molar-refractivity contribution in [2.24, 2.45) is 5.73 Å². The van der Waals surface area contributed by atoms with Crippen molar-refractivity contribution in [1.82, 2.24) is 15.0 Å². The number of likely N-dealkylation sites (tertiary alicyclic amines) is 1. The molecule has 1 amide bonds. The Kier molecular flexibility index (Phi) is 6.84. The van der Waals surface area contributed by atoms with Gasteiger partial charge >= 0.3 is 0 Å². The molecule has 2 aromatic carbocycles. The highest BCUT2D eigenvalue weighted by atomic mass is 35.5. The number of halogens is 2. The lowest BCUT2D eigenvalue weighted by molar-refractivity contribution is -0.130. The van der Waals surface area contributed by atoms with Gasteiger partial charge in [0.15, 0.2) is 0 Å². The van der Waals surface area contributed by atoms with Crippen molar-refractivity contribution in [1.29, 1.82) is 0 Å². The van der Waals surface area contributed by atoms with Crippen LogP contribution in [0, 0.1) is 12.7 Å². The molecule has 2 heterocycles. The van der Waals surface area contributed by atoms with E-state index in [1.807, 2.05) is 30.3 Å². The molecule has 1 aliphatic heterocycles. The van der Waals surface area contributed by atoms with E-state index < -0.39 is 0 Å². The first kappa shape index (κ1) is 21.9.